The summed E-state index contributed by atoms with van der Waals surface area (Å²) in [6, 6.07) is 1.50. The molecule has 1 aromatic heterocycles. The first-order chi connectivity index (χ1) is 8.68. The van der Waals surface area contributed by atoms with Crippen molar-refractivity contribution in [1.82, 2.24) is 10.3 Å². The quantitative estimate of drug-likeness (QED) is 0.662. The zero-order valence-corrected chi connectivity index (χ0v) is 10.8. The largest absolute Gasteiger partial charge is 0.349 e. The number of carbonyl (C=O) groups is 1. The van der Waals surface area contributed by atoms with E-state index in [2.05, 4.69) is 10.3 Å². The van der Waals surface area contributed by atoms with Gasteiger partial charge in [-0.3, -0.25) is 4.79 Å². The van der Waals surface area contributed by atoms with Crippen molar-refractivity contribution in [2.75, 3.05) is 0 Å². The molecule has 0 spiro atoms. The molecule has 0 bridgehead atoms. The van der Waals surface area contributed by atoms with Gasteiger partial charge in [0.25, 0.3) is 5.91 Å². The number of nitrogens with one attached hydrogen (secondary N) is 1. The summed E-state index contributed by atoms with van der Waals surface area (Å²) in [4.78, 5) is 15.6. The summed E-state index contributed by atoms with van der Waals surface area (Å²) in [5.41, 5.74) is -0.0285. The van der Waals surface area contributed by atoms with E-state index in [0.717, 1.165) is 25.7 Å². The molecule has 0 aliphatic heterocycles. The van der Waals surface area contributed by atoms with Crippen LogP contribution in [-0.4, -0.2) is 16.9 Å². The molecule has 1 N–H and O–H groups in total. The van der Waals surface area contributed by atoms with Crippen LogP contribution in [0.2, 0.25) is 5.15 Å². The highest BCUT2D eigenvalue weighted by molar-refractivity contribution is 6.29. The maximum Gasteiger partial charge on any atom is 0.254 e. The zero-order chi connectivity index (χ0) is 13.0. The second kappa shape index (κ2) is 6.14. The van der Waals surface area contributed by atoms with Crippen molar-refractivity contribution in [2.24, 2.45) is 0 Å². The van der Waals surface area contributed by atoms with Crippen molar-refractivity contribution in [1.29, 1.82) is 0 Å². The number of amides is 1. The molecule has 0 atom stereocenters. The van der Waals surface area contributed by atoms with Crippen LogP contribution in [0.1, 0.15) is 48.9 Å². The minimum atomic E-state index is -0.745. The molecule has 1 aliphatic carbocycles. The summed E-state index contributed by atoms with van der Waals surface area (Å²) in [5, 5.41) is 2.62. The monoisotopic (exact) mass is 270 g/mol. The number of carbonyl (C=O) groups excluding carboxylic acids is 1. The third kappa shape index (κ3) is 3.19. The van der Waals surface area contributed by atoms with Gasteiger partial charge in [-0.25, -0.2) is 9.37 Å². The van der Waals surface area contributed by atoms with Gasteiger partial charge in [-0.05, 0) is 18.9 Å². The summed E-state index contributed by atoms with van der Waals surface area (Å²) >= 11 is 5.56. The number of rotatable bonds is 2. The van der Waals surface area contributed by atoms with Crippen LogP contribution in [0.4, 0.5) is 4.39 Å². The Bertz CT molecular complexity index is 431. The van der Waals surface area contributed by atoms with Crippen LogP contribution in [0.15, 0.2) is 12.3 Å². The van der Waals surface area contributed by atoms with E-state index in [9.17, 15) is 9.18 Å². The average Bonchev–Trinajstić information content (AvgIpc) is 2.61. The van der Waals surface area contributed by atoms with Gasteiger partial charge in [0.2, 0.25) is 0 Å². The van der Waals surface area contributed by atoms with Gasteiger partial charge in [-0.1, -0.05) is 37.3 Å². The highest BCUT2D eigenvalue weighted by Crippen LogP contribution is 2.19. The zero-order valence-electron chi connectivity index (χ0n) is 10.1. The smallest absolute Gasteiger partial charge is 0.254 e. The molecule has 18 heavy (non-hydrogen) atoms. The lowest BCUT2D eigenvalue weighted by Crippen LogP contribution is -2.34. The molecule has 5 heteroatoms. The normalized spacial score (nSPS) is 17.2. The van der Waals surface area contributed by atoms with Gasteiger partial charge in [-0.15, -0.1) is 0 Å². The van der Waals surface area contributed by atoms with Gasteiger partial charge in [-0.2, -0.15) is 0 Å². The summed E-state index contributed by atoms with van der Waals surface area (Å²) < 4.78 is 13.6. The van der Waals surface area contributed by atoms with Gasteiger partial charge >= 0.3 is 0 Å². The van der Waals surface area contributed by atoms with E-state index in [1.54, 1.807) is 0 Å². The molecule has 2 rings (SSSR count). The molecule has 0 saturated heterocycles. The van der Waals surface area contributed by atoms with Crippen LogP contribution in [-0.2, 0) is 0 Å². The van der Waals surface area contributed by atoms with Gasteiger partial charge in [0, 0.05) is 12.2 Å². The molecule has 0 unspecified atom stereocenters. The molecular weight excluding hydrogens is 255 g/mol. The average molecular weight is 271 g/mol. The number of hydrogen-bond donors (Lipinski definition) is 1. The molecule has 1 amide bonds. The predicted octanol–water partition coefficient (Wildman–Crippen LogP) is 3.33. The summed E-state index contributed by atoms with van der Waals surface area (Å²) in [7, 11) is 0. The molecule has 1 fully saturated rings. The lowest BCUT2D eigenvalue weighted by atomic mass is 10.1. The van der Waals surface area contributed by atoms with Gasteiger partial charge in [0.1, 0.15) is 0 Å². The fraction of sp³-hybridized carbons (Fsp3) is 0.538. The van der Waals surface area contributed by atoms with Crippen molar-refractivity contribution >= 4 is 17.5 Å². The van der Waals surface area contributed by atoms with Crippen molar-refractivity contribution in [2.45, 2.75) is 44.6 Å². The van der Waals surface area contributed by atoms with Gasteiger partial charge < -0.3 is 5.32 Å². The van der Waals surface area contributed by atoms with E-state index in [1.807, 2.05) is 0 Å². The Kier molecular flexibility index (Phi) is 4.53. The Hall–Kier alpha value is -1.16. The maximum absolute atomic E-state index is 13.6. The summed E-state index contributed by atoms with van der Waals surface area (Å²) in [5.74, 6) is -1.14. The first kappa shape index (κ1) is 13.3. The molecule has 0 radical (unpaired) electrons. The van der Waals surface area contributed by atoms with Crippen LogP contribution < -0.4 is 5.32 Å². The Morgan fingerprint density at radius 3 is 2.67 bits per heavy atom. The van der Waals surface area contributed by atoms with Crippen molar-refractivity contribution < 1.29 is 9.18 Å². The summed E-state index contributed by atoms with van der Waals surface area (Å²) in [6.45, 7) is 0. The molecule has 1 saturated carbocycles. The van der Waals surface area contributed by atoms with Crippen molar-refractivity contribution in [3.8, 4) is 0 Å². The SMILES string of the molecule is O=C(NC1CCCCCC1)c1ccnc(Cl)c1F. The second-order valence-electron chi connectivity index (χ2n) is 4.63. The van der Waals surface area contributed by atoms with Crippen LogP contribution in [0.3, 0.4) is 0 Å². The van der Waals surface area contributed by atoms with E-state index >= 15 is 0 Å². The molecule has 0 aromatic carbocycles. The topological polar surface area (TPSA) is 42.0 Å². The Morgan fingerprint density at radius 2 is 2.00 bits per heavy atom. The Labute approximate surface area is 111 Å². The van der Waals surface area contributed by atoms with E-state index in [0.29, 0.717) is 0 Å². The first-order valence-corrected chi connectivity index (χ1v) is 6.67. The maximum atomic E-state index is 13.6. The number of aromatic nitrogens is 1. The van der Waals surface area contributed by atoms with Crippen LogP contribution in [0.5, 0.6) is 0 Å². The lowest BCUT2D eigenvalue weighted by molar-refractivity contribution is 0.0929. The minimum Gasteiger partial charge on any atom is -0.349 e. The number of hydrogen-bond acceptors (Lipinski definition) is 2. The number of nitrogens with zero attached hydrogens (tertiary/aromatic N) is 1. The van der Waals surface area contributed by atoms with Crippen LogP contribution >= 0.6 is 11.6 Å². The minimum absolute atomic E-state index is 0.0285. The van der Waals surface area contributed by atoms with Crippen molar-refractivity contribution in [3.05, 3.63) is 28.8 Å². The Morgan fingerprint density at radius 1 is 1.33 bits per heavy atom. The van der Waals surface area contributed by atoms with Gasteiger partial charge in [0.05, 0.1) is 5.56 Å². The summed E-state index contributed by atoms with van der Waals surface area (Å²) in [6.07, 6.45) is 7.92. The van der Waals surface area contributed by atoms with E-state index in [1.165, 1.54) is 25.1 Å². The standard InChI is InChI=1S/C13H16ClFN2O/c14-12-11(15)10(7-8-16-12)13(18)17-9-5-3-1-2-4-6-9/h7-9H,1-6H2,(H,17,18). The molecule has 3 nitrogen and oxygen atoms in total. The van der Waals surface area contributed by atoms with Crippen LogP contribution in [0, 0.1) is 5.82 Å². The third-order valence-corrected chi connectivity index (χ3v) is 3.55. The number of pyridine rings is 1. The highest BCUT2D eigenvalue weighted by Gasteiger charge is 2.19. The third-order valence-electron chi connectivity index (χ3n) is 3.28. The fourth-order valence-corrected chi connectivity index (χ4v) is 2.44. The molecular formula is C13H16ClFN2O. The molecule has 1 aliphatic rings. The molecule has 1 aromatic rings. The Balaban J connectivity index is 2.04. The first-order valence-electron chi connectivity index (χ1n) is 6.29. The van der Waals surface area contributed by atoms with Crippen molar-refractivity contribution in [3.63, 3.8) is 0 Å². The molecule has 1 heterocycles. The van der Waals surface area contributed by atoms with Gasteiger partial charge in [0.15, 0.2) is 11.0 Å². The van der Waals surface area contributed by atoms with E-state index in [4.69, 9.17) is 11.6 Å². The molecule has 98 valence electrons. The second-order valence-corrected chi connectivity index (χ2v) is 4.98. The fourth-order valence-electron chi connectivity index (χ4n) is 2.28. The van der Waals surface area contributed by atoms with E-state index < -0.39 is 11.7 Å². The van der Waals surface area contributed by atoms with Crippen LogP contribution in [0.25, 0.3) is 0 Å². The lowest BCUT2D eigenvalue weighted by Gasteiger charge is -2.16. The highest BCUT2D eigenvalue weighted by atomic mass is 35.5. The number of halogens is 2. The predicted molar refractivity (Wildman–Crippen MR) is 68.2 cm³/mol. The van der Waals surface area contributed by atoms with E-state index in [-0.39, 0.29) is 16.8 Å².